The number of nitrogens with zero attached hydrogens (tertiary/aromatic N) is 3. The number of carbonyl (C=O) groups excluding carboxylic acids is 1. The molecule has 1 amide bonds. The van der Waals surface area contributed by atoms with Crippen molar-refractivity contribution in [2.45, 2.75) is 12.8 Å². The molecule has 0 spiro atoms. The van der Waals surface area contributed by atoms with Gasteiger partial charge in [0, 0.05) is 19.0 Å². The Kier molecular flexibility index (Phi) is 4.60. The second-order valence-electron chi connectivity index (χ2n) is 4.54. The van der Waals surface area contributed by atoms with Gasteiger partial charge in [-0.25, -0.2) is 4.98 Å². The summed E-state index contributed by atoms with van der Waals surface area (Å²) >= 11 is 0. The van der Waals surface area contributed by atoms with Crippen LogP contribution in [0.15, 0.2) is 18.6 Å². The van der Waals surface area contributed by atoms with Gasteiger partial charge in [-0.1, -0.05) is 0 Å². The number of aliphatic hydroxyl groups is 1. The van der Waals surface area contributed by atoms with Crippen LogP contribution in [0.1, 0.15) is 12.8 Å². The van der Waals surface area contributed by atoms with Crippen molar-refractivity contribution >= 4 is 11.7 Å². The number of carbonyl (C=O) groups is 1. The van der Waals surface area contributed by atoms with Crippen molar-refractivity contribution in [3.8, 4) is 0 Å². The highest BCUT2D eigenvalue weighted by Crippen LogP contribution is 2.15. The maximum absolute atomic E-state index is 11.8. The Bertz CT molecular complexity index is 377. The summed E-state index contributed by atoms with van der Waals surface area (Å²) in [6.45, 7) is 2.34. The average molecular weight is 250 g/mol. The van der Waals surface area contributed by atoms with Crippen molar-refractivity contribution in [3.05, 3.63) is 18.6 Å². The maximum Gasteiger partial charge on any atom is 0.239 e. The summed E-state index contributed by atoms with van der Waals surface area (Å²) in [6.07, 6.45) is 6.54. The first-order valence-electron chi connectivity index (χ1n) is 6.17. The smallest absolute Gasteiger partial charge is 0.239 e. The SMILES string of the molecule is O=C(CN1CCC(CO)CC1)Nc1cnccn1. The fourth-order valence-corrected chi connectivity index (χ4v) is 2.08. The highest BCUT2D eigenvalue weighted by Gasteiger charge is 2.20. The van der Waals surface area contributed by atoms with Crippen LogP contribution < -0.4 is 5.32 Å². The molecule has 98 valence electrons. The zero-order valence-electron chi connectivity index (χ0n) is 10.2. The Morgan fingerprint density at radius 2 is 2.22 bits per heavy atom. The third kappa shape index (κ3) is 3.75. The maximum atomic E-state index is 11.8. The summed E-state index contributed by atoms with van der Waals surface area (Å²) in [5.41, 5.74) is 0. The molecule has 0 saturated carbocycles. The largest absolute Gasteiger partial charge is 0.396 e. The van der Waals surface area contributed by atoms with Gasteiger partial charge in [0.2, 0.25) is 5.91 Å². The molecule has 1 aromatic heterocycles. The van der Waals surface area contributed by atoms with E-state index in [1.54, 1.807) is 12.4 Å². The summed E-state index contributed by atoms with van der Waals surface area (Å²) in [4.78, 5) is 21.7. The minimum atomic E-state index is -0.0713. The lowest BCUT2D eigenvalue weighted by atomic mass is 9.98. The Labute approximate surface area is 106 Å². The molecule has 1 fully saturated rings. The zero-order chi connectivity index (χ0) is 12.8. The van der Waals surface area contributed by atoms with Crippen LogP contribution >= 0.6 is 0 Å². The van der Waals surface area contributed by atoms with E-state index in [0.29, 0.717) is 18.3 Å². The average Bonchev–Trinajstić information content (AvgIpc) is 2.40. The van der Waals surface area contributed by atoms with Gasteiger partial charge in [-0.15, -0.1) is 0 Å². The Hall–Kier alpha value is -1.53. The van der Waals surface area contributed by atoms with Crippen LogP contribution in [-0.2, 0) is 4.79 Å². The molecule has 1 aliphatic heterocycles. The Morgan fingerprint density at radius 3 is 2.83 bits per heavy atom. The molecule has 1 saturated heterocycles. The number of piperidine rings is 1. The van der Waals surface area contributed by atoms with Crippen molar-refractivity contribution in [2.24, 2.45) is 5.92 Å². The molecule has 2 rings (SSSR count). The molecular weight excluding hydrogens is 232 g/mol. The third-order valence-electron chi connectivity index (χ3n) is 3.16. The number of nitrogens with one attached hydrogen (secondary N) is 1. The van der Waals surface area contributed by atoms with E-state index in [2.05, 4.69) is 20.2 Å². The number of aromatic nitrogens is 2. The van der Waals surface area contributed by atoms with Crippen molar-refractivity contribution in [1.82, 2.24) is 14.9 Å². The molecule has 0 atom stereocenters. The van der Waals surface area contributed by atoms with Gasteiger partial charge in [-0.2, -0.15) is 0 Å². The van der Waals surface area contributed by atoms with E-state index < -0.39 is 0 Å². The van der Waals surface area contributed by atoms with E-state index in [-0.39, 0.29) is 12.5 Å². The van der Waals surface area contributed by atoms with Gasteiger partial charge in [0.05, 0.1) is 12.7 Å². The molecule has 0 bridgehead atoms. The molecule has 6 nitrogen and oxygen atoms in total. The van der Waals surface area contributed by atoms with Crippen LogP contribution in [0.4, 0.5) is 5.82 Å². The van der Waals surface area contributed by atoms with Gasteiger partial charge >= 0.3 is 0 Å². The molecule has 2 heterocycles. The molecule has 18 heavy (non-hydrogen) atoms. The van der Waals surface area contributed by atoms with Crippen molar-refractivity contribution in [1.29, 1.82) is 0 Å². The molecule has 0 aromatic carbocycles. The van der Waals surface area contributed by atoms with Gasteiger partial charge in [0.1, 0.15) is 0 Å². The van der Waals surface area contributed by atoms with Gasteiger partial charge in [0.15, 0.2) is 5.82 Å². The highest BCUT2D eigenvalue weighted by atomic mass is 16.3. The zero-order valence-corrected chi connectivity index (χ0v) is 10.2. The minimum absolute atomic E-state index is 0.0713. The summed E-state index contributed by atoms with van der Waals surface area (Å²) < 4.78 is 0. The van der Waals surface area contributed by atoms with Gasteiger partial charge < -0.3 is 10.4 Å². The third-order valence-corrected chi connectivity index (χ3v) is 3.16. The number of aliphatic hydroxyl groups excluding tert-OH is 1. The second-order valence-corrected chi connectivity index (χ2v) is 4.54. The molecule has 6 heteroatoms. The fourth-order valence-electron chi connectivity index (χ4n) is 2.08. The molecule has 1 aliphatic rings. The molecule has 2 N–H and O–H groups in total. The lowest BCUT2D eigenvalue weighted by Crippen LogP contribution is -2.39. The number of rotatable bonds is 4. The first-order valence-corrected chi connectivity index (χ1v) is 6.17. The standard InChI is InChI=1S/C12H18N4O2/c17-9-10-1-5-16(6-2-10)8-12(18)15-11-7-13-3-4-14-11/h3-4,7,10,17H,1-2,5-6,8-9H2,(H,14,15,18). The minimum Gasteiger partial charge on any atom is -0.396 e. The number of hydrogen-bond donors (Lipinski definition) is 2. The van der Waals surface area contributed by atoms with Crippen molar-refractivity contribution in [3.63, 3.8) is 0 Å². The van der Waals surface area contributed by atoms with E-state index >= 15 is 0 Å². The molecule has 0 aliphatic carbocycles. The van der Waals surface area contributed by atoms with E-state index in [1.165, 1.54) is 6.20 Å². The number of amides is 1. The fraction of sp³-hybridized carbons (Fsp3) is 0.583. The lowest BCUT2D eigenvalue weighted by Gasteiger charge is -2.30. The summed E-state index contributed by atoms with van der Waals surface area (Å²) in [6, 6.07) is 0. The Balaban J connectivity index is 1.75. The Morgan fingerprint density at radius 1 is 1.44 bits per heavy atom. The second kappa shape index (κ2) is 6.42. The first-order chi connectivity index (χ1) is 8.78. The van der Waals surface area contributed by atoms with E-state index in [0.717, 1.165) is 25.9 Å². The normalized spacial score (nSPS) is 17.6. The molecule has 0 unspecified atom stereocenters. The van der Waals surface area contributed by atoms with Gasteiger partial charge in [0.25, 0.3) is 0 Å². The van der Waals surface area contributed by atoms with Crippen LogP contribution in [0.25, 0.3) is 0 Å². The van der Waals surface area contributed by atoms with Gasteiger partial charge in [-0.3, -0.25) is 14.7 Å². The summed E-state index contributed by atoms with van der Waals surface area (Å²) in [5.74, 6) is 0.801. The monoisotopic (exact) mass is 250 g/mol. The van der Waals surface area contributed by atoms with Crippen LogP contribution in [0.3, 0.4) is 0 Å². The number of anilines is 1. The first kappa shape index (κ1) is 12.9. The molecule has 1 aromatic rings. The van der Waals surface area contributed by atoms with Crippen LogP contribution in [0, 0.1) is 5.92 Å². The van der Waals surface area contributed by atoms with E-state index in [4.69, 9.17) is 5.11 Å². The lowest BCUT2D eigenvalue weighted by molar-refractivity contribution is -0.117. The molecular formula is C12H18N4O2. The van der Waals surface area contributed by atoms with Crippen LogP contribution in [0.5, 0.6) is 0 Å². The van der Waals surface area contributed by atoms with Crippen molar-refractivity contribution in [2.75, 3.05) is 31.6 Å². The van der Waals surface area contributed by atoms with Gasteiger partial charge in [-0.05, 0) is 31.8 Å². The van der Waals surface area contributed by atoms with Crippen LogP contribution in [0.2, 0.25) is 0 Å². The predicted octanol–water partition coefficient (Wildman–Crippen LogP) is 0.119. The number of likely N-dealkylation sites (tertiary alicyclic amines) is 1. The van der Waals surface area contributed by atoms with Crippen LogP contribution in [-0.4, -0.2) is 52.1 Å². The van der Waals surface area contributed by atoms with Crippen molar-refractivity contribution < 1.29 is 9.90 Å². The summed E-state index contributed by atoms with van der Waals surface area (Å²) in [5, 5.41) is 11.8. The summed E-state index contributed by atoms with van der Waals surface area (Å²) in [7, 11) is 0. The number of hydrogen-bond acceptors (Lipinski definition) is 5. The molecule has 0 radical (unpaired) electrons. The van der Waals surface area contributed by atoms with E-state index in [9.17, 15) is 4.79 Å². The van der Waals surface area contributed by atoms with E-state index in [1.807, 2.05) is 0 Å². The quantitative estimate of drug-likeness (QED) is 0.793. The topological polar surface area (TPSA) is 78.4 Å². The predicted molar refractivity (Wildman–Crippen MR) is 66.9 cm³/mol. The highest BCUT2D eigenvalue weighted by molar-refractivity contribution is 5.91.